The van der Waals surface area contributed by atoms with Gasteiger partial charge in [-0.2, -0.15) is 0 Å². The van der Waals surface area contributed by atoms with Crippen LogP contribution in [0.1, 0.15) is 19.5 Å². The summed E-state index contributed by atoms with van der Waals surface area (Å²) in [4.78, 5) is 15.6. The number of carbonyl (C=O) groups is 1. The molecular weight excluding hydrogens is 244 g/mol. The van der Waals surface area contributed by atoms with Gasteiger partial charge in [0.25, 0.3) is 0 Å². The summed E-state index contributed by atoms with van der Waals surface area (Å²) in [6, 6.07) is 7.26. The van der Waals surface area contributed by atoms with E-state index in [0.717, 1.165) is 11.4 Å². The molecule has 2 rings (SSSR count). The van der Waals surface area contributed by atoms with Gasteiger partial charge in [0.05, 0.1) is 18.2 Å². The summed E-state index contributed by atoms with van der Waals surface area (Å²) in [5.41, 5.74) is 1.34. The summed E-state index contributed by atoms with van der Waals surface area (Å²) >= 11 is 0. The third kappa shape index (κ3) is 4.13. The number of oxazole rings is 1. The van der Waals surface area contributed by atoms with Crippen molar-refractivity contribution < 1.29 is 13.9 Å². The maximum atomic E-state index is 11.7. The first-order valence-electron chi connectivity index (χ1n) is 6.07. The van der Waals surface area contributed by atoms with Crippen LogP contribution in [0.4, 0.5) is 5.69 Å². The molecule has 1 aromatic heterocycles. The summed E-state index contributed by atoms with van der Waals surface area (Å²) in [7, 11) is 0. The molecular formula is C14H16N2O3. The Bertz CT molecular complexity index is 518. The van der Waals surface area contributed by atoms with E-state index in [1.807, 2.05) is 26.0 Å². The molecule has 0 spiro atoms. The van der Waals surface area contributed by atoms with Crippen molar-refractivity contribution in [3.63, 3.8) is 0 Å². The highest BCUT2D eigenvalue weighted by Gasteiger charge is 2.06. The summed E-state index contributed by atoms with van der Waals surface area (Å²) in [6.07, 6.45) is 3.09. The fourth-order valence-electron chi connectivity index (χ4n) is 1.58. The number of nitrogens with zero attached hydrogens (tertiary/aromatic N) is 1. The van der Waals surface area contributed by atoms with Gasteiger partial charge in [-0.05, 0) is 38.1 Å². The Kier molecular flexibility index (Phi) is 4.18. The second-order valence-corrected chi connectivity index (χ2v) is 4.40. The number of hydrogen-bond donors (Lipinski definition) is 1. The van der Waals surface area contributed by atoms with Gasteiger partial charge in [-0.3, -0.25) is 4.79 Å². The third-order valence-electron chi connectivity index (χ3n) is 2.33. The van der Waals surface area contributed by atoms with Crippen LogP contribution in [0, 0.1) is 0 Å². The fraction of sp³-hybridized carbons (Fsp3) is 0.286. The predicted molar refractivity (Wildman–Crippen MR) is 71.0 cm³/mol. The van der Waals surface area contributed by atoms with Crippen molar-refractivity contribution >= 4 is 11.6 Å². The van der Waals surface area contributed by atoms with Crippen LogP contribution in [0.15, 0.2) is 41.3 Å². The van der Waals surface area contributed by atoms with Crippen molar-refractivity contribution in [2.24, 2.45) is 0 Å². The normalized spacial score (nSPS) is 10.5. The summed E-state index contributed by atoms with van der Waals surface area (Å²) in [5.74, 6) is 0.649. The lowest BCUT2D eigenvalue weighted by molar-refractivity contribution is -0.115. The SMILES string of the molecule is CC(C)Oc1ccc(NC(=O)Cc2cocn2)cc1. The second-order valence-electron chi connectivity index (χ2n) is 4.40. The van der Waals surface area contributed by atoms with E-state index in [0.29, 0.717) is 5.69 Å². The molecule has 2 aromatic rings. The lowest BCUT2D eigenvalue weighted by Gasteiger charge is -2.10. The molecule has 0 atom stereocenters. The van der Waals surface area contributed by atoms with E-state index in [1.165, 1.54) is 12.7 Å². The number of aromatic nitrogens is 1. The van der Waals surface area contributed by atoms with Crippen molar-refractivity contribution in [1.82, 2.24) is 4.98 Å². The molecule has 100 valence electrons. The molecule has 0 aliphatic carbocycles. The van der Waals surface area contributed by atoms with Gasteiger partial charge in [-0.15, -0.1) is 0 Å². The van der Waals surface area contributed by atoms with Gasteiger partial charge >= 0.3 is 0 Å². The number of nitrogens with one attached hydrogen (secondary N) is 1. The molecule has 0 saturated heterocycles. The van der Waals surface area contributed by atoms with Gasteiger partial charge in [-0.1, -0.05) is 0 Å². The highest BCUT2D eigenvalue weighted by molar-refractivity contribution is 5.91. The molecule has 0 aliphatic rings. The standard InChI is InChI=1S/C14H16N2O3/c1-10(2)19-13-5-3-11(4-6-13)16-14(17)7-12-8-18-9-15-12/h3-6,8-10H,7H2,1-2H3,(H,16,17). The van der Waals surface area contributed by atoms with Crippen LogP contribution < -0.4 is 10.1 Å². The van der Waals surface area contributed by atoms with Crippen LogP contribution in [0.3, 0.4) is 0 Å². The Morgan fingerprint density at radius 1 is 1.37 bits per heavy atom. The van der Waals surface area contributed by atoms with Gasteiger partial charge in [0.2, 0.25) is 5.91 Å². The fourth-order valence-corrected chi connectivity index (χ4v) is 1.58. The zero-order chi connectivity index (χ0) is 13.7. The minimum atomic E-state index is -0.133. The van der Waals surface area contributed by atoms with E-state index in [-0.39, 0.29) is 18.4 Å². The molecule has 19 heavy (non-hydrogen) atoms. The van der Waals surface area contributed by atoms with Crippen molar-refractivity contribution in [2.45, 2.75) is 26.4 Å². The highest BCUT2D eigenvalue weighted by Crippen LogP contribution is 2.17. The topological polar surface area (TPSA) is 64.4 Å². The van der Waals surface area contributed by atoms with Crippen molar-refractivity contribution in [3.05, 3.63) is 42.6 Å². The third-order valence-corrected chi connectivity index (χ3v) is 2.33. The van der Waals surface area contributed by atoms with Crippen LogP contribution in [-0.2, 0) is 11.2 Å². The summed E-state index contributed by atoms with van der Waals surface area (Å²) in [5, 5.41) is 2.78. The van der Waals surface area contributed by atoms with E-state index in [9.17, 15) is 4.79 Å². The second kappa shape index (κ2) is 6.04. The average Bonchev–Trinajstić information content (AvgIpc) is 2.83. The number of amides is 1. The van der Waals surface area contributed by atoms with Gasteiger partial charge in [-0.25, -0.2) is 4.98 Å². The van der Waals surface area contributed by atoms with E-state index >= 15 is 0 Å². The Labute approximate surface area is 111 Å². The predicted octanol–water partition coefficient (Wildman–Crippen LogP) is 2.64. The first-order chi connectivity index (χ1) is 9.13. The lowest BCUT2D eigenvalue weighted by atomic mass is 10.2. The Morgan fingerprint density at radius 2 is 2.11 bits per heavy atom. The van der Waals surface area contributed by atoms with Gasteiger partial charge in [0, 0.05) is 5.69 Å². The molecule has 0 unspecified atom stereocenters. The number of ether oxygens (including phenoxy) is 1. The van der Waals surface area contributed by atoms with Crippen molar-refractivity contribution in [3.8, 4) is 5.75 Å². The van der Waals surface area contributed by atoms with Crippen LogP contribution in [-0.4, -0.2) is 17.0 Å². The molecule has 0 radical (unpaired) electrons. The van der Waals surface area contributed by atoms with Crippen LogP contribution in [0.5, 0.6) is 5.75 Å². The molecule has 0 saturated carbocycles. The average molecular weight is 260 g/mol. The van der Waals surface area contributed by atoms with Gasteiger partial charge in [0.1, 0.15) is 12.0 Å². The van der Waals surface area contributed by atoms with Crippen LogP contribution >= 0.6 is 0 Å². The number of rotatable bonds is 5. The molecule has 0 bridgehead atoms. The van der Waals surface area contributed by atoms with E-state index in [2.05, 4.69) is 10.3 Å². The molecule has 1 aromatic carbocycles. The van der Waals surface area contributed by atoms with Crippen LogP contribution in [0.2, 0.25) is 0 Å². The van der Waals surface area contributed by atoms with Crippen LogP contribution in [0.25, 0.3) is 0 Å². The Morgan fingerprint density at radius 3 is 2.68 bits per heavy atom. The van der Waals surface area contributed by atoms with Crippen molar-refractivity contribution in [1.29, 1.82) is 0 Å². The molecule has 5 nitrogen and oxygen atoms in total. The van der Waals surface area contributed by atoms with Gasteiger partial charge < -0.3 is 14.5 Å². The summed E-state index contributed by atoms with van der Waals surface area (Å²) in [6.45, 7) is 3.93. The van der Waals surface area contributed by atoms with Gasteiger partial charge in [0.15, 0.2) is 6.39 Å². The quantitative estimate of drug-likeness (QED) is 0.897. The minimum absolute atomic E-state index is 0.132. The number of anilines is 1. The molecule has 1 N–H and O–H groups in total. The Hall–Kier alpha value is -2.30. The molecule has 5 heteroatoms. The van der Waals surface area contributed by atoms with E-state index in [1.54, 1.807) is 12.1 Å². The molecule has 0 fully saturated rings. The molecule has 1 amide bonds. The zero-order valence-electron chi connectivity index (χ0n) is 10.9. The summed E-state index contributed by atoms with van der Waals surface area (Å²) < 4.78 is 10.3. The maximum absolute atomic E-state index is 11.7. The molecule has 1 heterocycles. The first-order valence-corrected chi connectivity index (χ1v) is 6.07. The monoisotopic (exact) mass is 260 g/mol. The zero-order valence-corrected chi connectivity index (χ0v) is 10.9. The van der Waals surface area contributed by atoms with E-state index < -0.39 is 0 Å². The maximum Gasteiger partial charge on any atom is 0.230 e. The number of hydrogen-bond acceptors (Lipinski definition) is 4. The lowest BCUT2D eigenvalue weighted by Crippen LogP contribution is -2.14. The first kappa shape index (κ1) is 13.1. The Balaban J connectivity index is 1.90. The molecule has 0 aliphatic heterocycles. The number of benzene rings is 1. The van der Waals surface area contributed by atoms with Crippen molar-refractivity contribution in [2.75, 3.05) is 5.32 Å². The van der Waals surface area contributed by atoms with E-state index in [4.69, 9.17) is 9.15 Å². The highest BCUT2D eigenvalue weighted by atomic mass is 16.5. The number of carbonyl (C=O) groups excluding carboxylic acids is 1. The smallest absolute Gasteiger partial charge is 0.230 e. The minimum Gasteiger partial charge on any atom is -0.491 e. The largest absolute Gasteiger partial charge is 0.491 e.